The van der Waals surface area contributed by atoms with E-state index in [9.17, 15) is 14.0 Å². The van der Waals surface area contributed by atoms with Crippen molar-refractivity contribution in [3.8, 4) is 0 Å². The molecule has 0 aliphatic rings. The summed E-state index contributed by atoms with van der Waals surface area (Å²) in [6, 6.07) is 15.9. The second-order valence-electron chi connectivity index (χ2n) is 6.64. The first kappa shape index (κ1) is 20.1. The zero-order valence-electron chi connectivity index (χ0n) is 16.1. The van der Waals surface area contributed by atoms with Crippen molar-refractivity contribution in [3.05, 3.63) is 101 Å². The van der Waals surface area contributed by atoms with Gasteiger partial charge in [-0.05, 0) is 55.8 Å². The molecule has 2 amide bonds. The van der Waals surface area contributed by atoms with Crippen LogP contribution in [0.2, 0.25) is 0 Å². The van der Waals surface area contributed by atoms with E-state index in [2.05, 4.69) is 10.6 Å². The van der Waals surface area contributed by atoms with Gasteiger partial charge in [0.15, 0.2) is 0 Å². The zero-order chi connectivity index (χ0) is 20.8. The third-order valence-corrected chi connectivity index (χ3v) is 4.32. The lowest BCUT2D eigenvalue weighted by atomic mass is 10.1. The molecule has 29 heavy (non-hydrogen) atoms. The minimum absolute atomic E-state index is 0.0421. The fourth-order valence-corrected chi connectivity index (χ4v) is 2.76. The fourth-order valence-electron chi connectivity index (χ4n) is 2.76. The molecule has 1 heterocycles. The minimum atomic E-state index is -0.487. The fraction of sp³-hybridized carbons (Fsp3) is 0.130. The molecular formula is C23H21FN2O3. The molecule has 1 aromatic heterocycles. The second-order valence-corrected chi connectivity index (χ2v) is 6.64. The number of furan rings is 1. The first-order valence-corrected chi connectivity index (χ1v) is 9.12. The van der Waals surface area contributed by atoms with Gasteiger partial charge < -0.3 is 15.1 Å². The molecule has 0 radical (unpaired) electrons. The highest BCUT2D eigenvalue weighted by Crippen LogP contribution is 2.15. The summed E-state index contributed by atoms with van der Waals surface area (Å²) in [6.07, 6.45) is 2.94. The lowest BCUT2D eigenvalue weighted by Gasteiger charge is -2.16. The summed E-state index contributed by atoms with van der Waals surface area (Å²) in [5, 5.41) is 5.46. The molecule has 0 spiro atoms. The Labute approximate surface area is 168 Å². The largest absolute Gasteiger partial charge is 0.465 e. The number of amides is 2. The number of nitrogens with one attached hydrogen (secondary N) is 2. The highest BCUT2D eigenvalue weighted by Gasteiger charge is 2.18. The van der Waals surface area contributed by atoms with Crippen LogP contribution in [0.25, 0.3) is 6.08 Å². The van der Waals surface area contributed by atoms with Gasteiger partial charge in [-0.25, -0.2) is 4.39 Å². The topological polar surface area (TPSA) is 71.3 Å². The van der Waals surface area contributed by atoms with E-state index in [1.165, 1.54) is 24.5 Å². The summed E-state index contributed by atoms with van der Waals surface area (Å²) in [5.41, 5.74) is 2.15. The molecule has 3 aromatic rings. The van der Waals surface area contributed by atoms with Crippen LogP contribution in [0, 0.1) is 12.7 Å². The molecule has 0 saturated carbocycles. The Hall–Kier alpha value is -3.67. The zero-order valence-corrected chi connectivity index (χ0v) is 16.1. The van der Waals surface area contributed by atoms with E-state index in [1.54, 1.807) is 49.4 Å². The van der Waals surface area contributed by atoms with Crippen LogP contribution in [0.5, 0.6) is 0 Å². The molecule has 0 bridgehead atoms. The Morgan fingerprint density at radius 2 is 1.83 bits per heavy atom. The van der Waals surface area contributed by atoms with Crippen molar-refractivity contribution in [1.82, 2.24) is 10.6 Å². The number of carbonyl (C=O) groups excluding carboxylic acids is 2. The number of hydrogen-bond donors (Lipinski definition) is 2. The Morgan fingerprint density at radius 3 is 2.48 bits per heavy atom. The molecular weight excluding hydrogens is 371 g/mol. The van der Waals surface area contributed by atoms with Gasteiger partial charge in [-0.3, -0.25) is 9.59 Å². The first-order chi connectivity index (χ1) is 13.9. The van der Waals surface area contributed by atoms with Gasteiger partial charge in [-0.15, -0.1) is 0 Å². The summed E-state index contributed by atoms with van der Waals surface area (Å²) >= 11 is 0. The molecule has 2 aromatic carbocycles. The van der Waals surface area contributed by atoms with Gasteiger partial charge in [0.25, 0.3) is 11.8 Å². The average Bonchev–Trinajstić information content (AvgIpc) is 3.21. The van der Waals surface area contributed by atoms with E-state index >= 15 is 0 Å². The standard InChI is InChI=1S/C23H21FN2O3/c1-15-5-3-6-18(13-15)22(27)26-21(14-20-7-4-12-29-20)23(28)25-16(2)17-8-10-19(24)11-9-17/h3-14,16H,1-2H3,(H,25,28)(H,26,27)/b21-14-/t16-/m1/s1. The monoisotopic (exact) mass is 392 g/mol. The molecule has 0 saturated heterocycles. The minimum Gasteiger partial charge on any atom is -0.465 e. The van der Waals surface area contributed by atoms with Crippen molar-refractivity contribution in [2.45, 2.75) is 19.9 Å². The molecule has 3 rings (SSSR count). The van der Waals surface area contributed by atoms with E-state index in [4.69, 9.17) is 4.42 Å². The van der Waals surface area contributed by atoms with Crippen LogP contribution < -0.4 is 10.6 Å². The highest BCUT2D eigenvalue weighted by atomic mass is 19.1. The third kappa shape index (κ3) is 5.42. The van der Waals surface area contributed by atoms with Crippen molar-refractivity contribution in [3.63, 3.8) is 0 Å². The first-order valence-electron chi connectivity index (χ1n) is 9.12. The van der Waals surface area contributed by atoms with Crippen LogP contribution in [0.1, 0.15) is 40.2 Å². The number of carbonyl (C=O) groups is 2. The predicted molar refractivity (Wildman–Crippen MR) is 108 cm³/mol. The Kier molecular flexibility index (Phi) is 6.24. The van der Waals surface area contributed by atoms with Gasteiger partial charge in [-0.2, -0.15) is 0 Å². The number of hydrogen-bond acceptors (Lipinski definition) is 3. The smallest absolute Gasteiger partial charge is 0.268 e. The van der Waals surface area contributed by atoms with Crippen molar-refractivity contribution >= 4 is 17.9 Å². The summed E-state index contributed by atoms with van der Waals surface area (Å²) < 4.78 is 18.4. The molecule has 148 valence electrons. The van der Waals surface area contributed by atoms with Gasteiger partial charge >= 0.3 is 0 Å². The van der Waals surface area contributed by atoms with E-state index < -0.39 is 11.8 Å². The summed E-state index contributed by atoms with van der Waals surface area (Å²) in [7, 11) is 0. The molecule has 0 unspecified atom stereocenters. The highest BCUT2D eigenvalue weighted by molar-refractivity contribution is 6.05. The Morgan fingerprint density at radius 1 is 1.07 bits per heavy atom. The van der Waals surface area contributed by atoms with Crippen LogP contribution in [0.15, 0.2) is 77.0 Å². The second kappa shape index (κ2) is 9.01. The van der Waals surface area contributed by atoms with Crippen molar-refractivity contribution in [2.75, 3.05) is 0 Å². The van der Waals surface area contributed by atoms with Crippen LogP contribution in [0.4, 0.5) is 4.39 Å². The van der Waals surface area contributed by atoms with E-state index in [0.29, 0.717) is 11.3 Å². The van der Waals surface area contributed by atoms with Gasteiger partial charge in [0.05, 0.1) is 12.3 Å². The van der Waals surface area contributed by atoms with Crippen LogP contribution in [-0.4, -0.2) is 11.8 Å². The van der Waals surface area contributed by atoms with E-state index in [0.717, 1.165) is 11.1 Å². The van der Waals surface area contributed by atoms with Crippen LogP contribution >= 0.6 is 0 Å². The number of aryl methyl sites for hydroxylation is 1. The molecule has 0 aliphatic carbocycles. The average molecular weight is 392 g/mol. The lowest BCUT2D eigenvalue weighted by molar-refractivity contribution is -0.118. The molecule has 6 heteroatoms. The molecule has 0 fully saturated rings. The lowest BCUT2D eigenvalue weighted by Crippen LogP contribution is -2.36. The predicted octanol–water partition coefficient (Wildman–Crippen LogP) is 4.38. The third-order valence-electron chi connectivity index (χ3n) is 4.32. The number of rotatable bonds is 6. The molecule has 5 nitrogen and oxygen atoms in total. The van der Waals surface area contributed by atoms with E-state index in [-0.39, 0.29) is 17.6 Å². The maximum atomic E-state index is 13.1. The Bertz CT molecular complexity index is 1020. The van der Waals surface area contributed by atoms with Gasteiger partial charge in [-0.1, -0.05) is 29.8 Å². The van der Waals surface area contributed by atoms with Crippen molar-refractivity contribution in [1.29, 1.82) is 0 Å². The molecule has 1 atom stereocenters. The quantitative estimate of drug-likeness (QED) is 0.612. The maximum absolute atomic E-state index is 13.1. The summed E-state index contributed by atoms with van der Waals surface area (Å²) in [4.78, 5) is 25.5. The van der Waals surface area contributed by atoms with Crippen LogP contribution in [-0.2, 0) is 4.79 Å². The van der Waals surface area contributed by atoms with Gasteiger partial charge in [0, 0.05) is 11.6 Å². The van der Waals surface area contributed by atoms with Crippen LogP contribution in [0.3, 0.4) is 0 Å². The van der Waals surface area contributed by atoms with Gasteiger partial charge in [0.2, 0.25) is 0 Å². The Balaban J connectivity index is 1.80. The van der Waals surface area contributed by atoms with Gasteiger partial charge in [0.1, 0.15) is 17.3 Å². The maximum Gasteiger partial charge on any atom is 0.268 e. The summed E-state index contributed by atoms with van der Waals surface area (Å²) in [5.74, 6) is -0.819. The SMILES string of the molecule is Cc1cccc(C(=O)N/C(=C\c2ccco2)C(=O)N[C@H](C)c2ccc(F)cc2)c1. The van der Waals surface area contributed by atoms with E-state index in [1.807, 2.05) is 13.0 Å². The van der Waals surface area contributed by atoms with Crippen molar-refractivity contribution in [2.24, 2.45) is 0 Å². The normalized spacial score (nSPS) is 12.3. The van der Waals surface area contributed by atoms with Crippen molar-refractivity contribution < 1.29 is 18.4 Å². The number of benzene rings is 2. The summed E-state index contributed by atoms with van der Waals surface area (Å²) in [6.45, 7) is 3.66. The number of halogens is 1. The molecule has 2 N–H and O–H groups in total. The molecule has 0 aliphatic heterocycles.